The van der Waals surface area contributed by atoms with Gasteiger partial charge in [-0.2, -0.15) is 0 Å². The molecule has 0 aliphatic heterocycles. The Kier molecular flexibility index (Phi) is 8.06. The number of likely N-dealkylation sites (N-methyl/N-ethyl adjacent to an activating group) is 1. The van der Waals surface area contributed by atoms with E-state index in [4.69, 9.17) is 12.2 Å². The number of aromatic nitrogens is 2. The van der Waals surface area contributed by atoms with Gasteiger partial charge in [-0.05, 0) is 25.0 Å². The molecule has 0 saturated carbocycles. The van der Waals surface area contributed by atoms with Crippen LogP contribution in [0.15, 0.2) is 64.2 Å². The van der Waals surface area contributed by atoms with Gasteiger partial charge in [-0.15, -0.1) is 6.42 Å². The minimum atomic E-state index is -0.705. The Morgan fingerprint density at radius 1 is 1.09 bits per heavy atom. The standard InChI is InChI=1S/C26H29N5O3/c1-4-15-29(16-21-13-11-19(3)12-14-21)18-22(32)30(5-2)23-24(27)31(26(34)28-25(23)33)17-20-9-7-6-8-10-20/h1,6-14H,5,15-18,27H2,2-3H3,(H,28,33,34). The number of amides is 1. The summed E-state index contributed by atoms with van der Waals surface area (Å²) in [5, 5.41) is 0. The van der Waals surface area contributed by atoms with Gasteiger partial charge in [0.25, 0.3) is 5.56 Å². The number of hydrogen-bond acceptors (Lipinski definition) is 5. The SMILES string of the molecule is C#CCN(CC(=O)N(CC)c1c(N)n(Cc2ccccc2)c(=O)[nH]c1=O)Cc1ccc(C)cc1. The first-order valence-electron chi connectivity index (χ1n) is 11.0. The molecule has 2 aromatic carbocycles. The van der Waals surface area contributed by atoms with Crippen LogP contribution in [0.25, 0.3) is 0 Å². The second kappa shape index (κ2) is 11.2. The van der Waals surface area contributed by atoms with Crippen LogP contribution in [0, 0.1) is 19.3 Å². The van der Waals surface area contributed by atoms with E-state index in [1.54, 1.807) is 6.92 Å². The van der Waals surface area contributed by atoms with E-state index in [1.807, 2.05) is 66.4 Å². The predicted octanol–water partition coefficient (Wildman–Crippen LogP) is 1.96. The number of benzene rings is 2. The summed E-state index contributed by atoms with van der Waals surface area (Å²) in [6, 6.07) is 17.2. The van der Waals surface area contributed by atoms with Crippen molar-refractivity contribution in [3.8, 4) is 12.3 Å². The highest BCUT2D eigenvalue weighted by molar-refractivity contribution is 5.96. The maximum absolute atomic E-state index is 13.3. The molecule has 3 rings (SSSR count). The minimum absolute atomic E-state index is 0.0113. The molecule has 0 aliphatic carbocycles. The zero-order chi connectivity index (χ0) is 24.7. The smallest absolute Gasteiger partial charge is 0.330 e. The van der Waals surface area contributed by atoms with E-state index in [9.17, 15) is 14.4 Å². The number of nitrogens with two attached hydrogens (primary N) is 1. The molecule has 0 saturated heterocycles. The van der Waals surface area contributed by atoms with Crippen LogP contribution in [0.5, 0.6) is 0 Å². The molecule has 3 N–H and O–H groups in total. The van der Waals surface area contributed by atoms with Gasteiger partial charge in [-0.25, -0.2) is 4.79 Å². The first-order chi connectivity index (χ1) is 16.3. The number of aryl methyl sites for hydroxylation is 1. The number of nitrogens with one attached hydrogen (secondary N) is 1. The highest BCUT2D eigenvalue weighted by Crippen LogP contribution is 2.18. The molecule has 0 atom stereocenters. The van der Waals surface area contributed by atoms with Crippen LogP contribution in [0.3, 0.4) is 0 Å². The molecule has 34 heavy (non-hydrogen) atoms. The van der Waals surface area contributed by atoms with Gasteiger partial charge >= 0.3 is 5.69 Å². The number of rotatable bonds is 9. The Morgan fingerprint density at radius 3 is 2.38 bits per heavy atom. The summed E-state index contributed by atoms with van der Waals surface area (Å²) in [5.74, 6) is 2.18. The molecule has 1 amide bonds. The molecule has 0 fully saturated rings. The normalized spacial score (nSPS) is 10.8. The topological polar surface area (TPSA) is 104 Å². The van der Waals surface area contributed by atoms with Crippen molar-refractivity contribution in [2.75, 3.05) is 30.3 Å². The molecule has 0 radical (unpaired) electrons. The number of terminal acetylenes is 1. The lowest BCUT2D eigenvalue weighted by molar-refractivity contribution is -0.119. The minimum Gasteiger partial charge on any atom is -0.383 e. The highest BCUT2D eigenvalue weighted by Gasteiger charge is 2.24. The number of nitrogens with zero attached hydrogens (tertiary/aromatic N) is 3. The van der Waals surface area contributed by atoms with Crippen LogP contribution in [-0.2, 0) is 17.9 Å². The van der Waals surface area contributed by atoms with E-state index in [1.165, 1.54) is 9.47 Å². The molecule has 0 aliphatic rings. The lowest BCUT2D eigenvalue weighted by Crippen LogP contribution is -2.45. The Labute approximate surface area is 198 Å². The van der Waals surface area contributed by atoms with E-state index < -0.39 is 11.2 Å². The third kappa shape index (κ3) is 5.82. The maximum Gasteiger partial charge on any atom is 0.330 e. The van der Waals surface area contributed by atoms with Gasteiger partial charge in [0.05, 0.1) is 19.6 Å². The third-order valence-electron chi connectivity index (χ3n) is 5.49. The molecule has 1 aromatic heterocycles. The Hall–Kier alpha value is -4.09. The fraction of sp³-hybridized carbons (Fsp3) is 0.269. The average molecular weight is 460 g/mol. The van der Waals surface area contributed by atoms with Crippen molar-refractivity contribution in [3.63, 3.8) is 0 Å². The molecular weight excluding hydrogens is 430 g/mol. The summed E-state index contributed by atoms with van der Waals surface area (Å²) in [6.07, 6.45) is 5.53. The molecule has 1 heterocycles. The summed E-state index contributed by atoms with van der Waals surface area (Å²) in [7, 11) is 0. The number of hydrogen-bond donors (Lipinski definition) is 2. The number of H-pyrrole nitrogens is 1. The molecule has 0 bridgehead atoms. The van der Waals surface area contributed by atoms with Gasteiger partial charge in [-0.3, -0.25) is 24.0 Å². The molecule has 3 aromatic rings. The van der Waals surface area contributed by atoms with Gasteiger partial charge in [0, 0.05) is 13.1 Å². The van der Waals surface area contributed by atoms with Crippen LogP contribution in [0.4, 0.5) is 11.5 Å². The Bertz CT molecular complexity index is 1290. The largest absolute Gasteiger partial charge is 0.383 e. The van der Waals surface area contributed by atoms with Crippen molar-refractivity contribution in [1.29, 1.82) is 0 Å². The van der Waals surface area contributed by atoms with Crippen molar-refractivity contribution in [2.45, 2.75) is 26.9 Å². The van der Waals surface area contributed by atoms with Gasteiger partial charge in [0.2, 0.25) is 5.91 Å². The summed E-state index contributed by atoms with van der Waals surface area (Å²) in [6.45, 7) is 4.84. The van der Waals surface area contributed by atoms with E-state index >= 15 is 0 Å². The highest BCUT2D eigenvalue weighted by atomic mass is 16.2. The van der Waals surface area contributed by atoms with Crippen molar-refractivity contribution in [1.82, 2.24) is 14.5 Å². The molecule has 8 nitrogen and oxygen atoms in total. The number of carbonyl (C=O) groups excluding carboxylic acids is 1. The molecule has 0 spiro atoms. The fourth-order valence-electron chi connectivity index (χ4n) is 3.75. The molecule has 0 unspecified atom stereocenters. The lowest BCUT2D eigenvalue weighted by Gasteiger charge is -2.26. The summed E-state index contributed by atoms with van der Waals surface area (Å²) < 4.78 is 1.26. The zero-order valence-corrected chi connectivity index (χ0v) is 19.5. The lowest BCUT2D eigenvalue weighted by atomic mass is 10.1. The monoisotopic (exact) mass is 459 g/mol. The third-order valence-corrected chi connectivity index (χ3v) is 5.49. The van der Waals surface area contributed by atoms with Crippen molar-refractivity contribution < 1.29 is 4.79 Å². The van der Waals surface area contributed by atoms with Gasteiger partial charge < -0.3 is 10.6 Å². The fourth-order valence-corrected chi connectivity index (χ4v) is 3.75. The summed E-state index contributed by atoms with van der Waals surface area (Å²) in [5.41, 5.74) is 7.89. The quantitative estimate of drug-likeness (QED) is 0.476. The van der Waals surface area contributed by atoms with Crippen molar-refractivity contribution >= 4 is 17.4 Å². The summed E-state index contributed by atoms with van der Waals surface area (Å²) in [4.78, 5) is 43.9. The predicted molar refractivity (Wildman–Crippen MR) is 135 cm³/mol. The second-order valence-electron chi connectivity index (χ2n) is 8.04. The van der Waals surface area contributed by atoms with Crippen LogP contribution >= 0.6 is 0 Å². The van der Waals surface area contributed by atoms with E-state index in [2.05, 4.69) is 10.9 Å². The number of nitrogen functional groups attached to an aromatic ring is 1. The molecular formula is C26H29N5O3. The van der Waals surface area contributed by atoms with Crippen LogP contribution < -0.4 is 21.9 Å². The molecule has 176 valence electrons. The van der Waals surface area contributed by atoms with Crippen LogP contribution in [0.2, 0.25) is 0 Å². The van der Waals surface area contributed by atoms with Gasteiger partial charge in [0.1, 0.15) is 5.82 Å². The zero-order valence-electron chi connectivity index (χ0n) is 19.5. The van der Waals surface area contributed by atoms with E-state index in [0.717, 1.165) is 16.7 Å². The Morgan fingerprint density at radius 2 is 1.76 bits per heavy atom. The first-order valence-corrected chi connectivity index (χ1v) is 11.0. The second-order valence-corrected chi connectivity index (χ2v) is 8.04. The van der Waals surface area contributed by atoms with Crippen molar-refractivity contribution in [3.05, 3.63) is 92.1 Å². The summed E-state index contributed by atoms with van der Waals surface area (Å²) >= 11 is 0. The van der Waals surface area contributed by atoms with E-state index in [-0.39, 0.29) is 43.6 Å². The average Bonchev–Trinajstić information content (AvgIpc) is 2.81. The van der Waals surface area contributed by atoms with Crippen LogP contribution in [-0.4, -0.2) is 40.0 Å². The first kappa shape index (κ1) is 24.6. The molecule has 8 heteroatoms. The number of carbonyl (C=O) groups is 1. The van der Waals surface area contributed by atoms with Crippen LogP contribution in [0.1, 0.15) is 23.6 Å². The number of aromatic amines is 1. The Balaban J connectivity index is 1.89. The van der Waals surface area contributed by atoms with Gasteiger partial charge in [0.15, 0.2) is 5.69 Å². The maximum atomic E-state index is 13.3. The van der Waals surface area contributed by atoms with Gasteiger partial charge in [-0.1, -0.05) is 66.1 Å². The number of anilines is 2. The van der Waals surface area contributed by atoms with E-state index in [0.29, 0.717) is 6.54 Å². The van der Waals surface area contributed by atoms with Crippen molar-refractivity contribution in [2.24, 2.45) is 0 Å².